The Hall–Kier alpha value is -1.63. The van der Waals surface area contributed by atoms with Gasteiger partial charge in [-0.25, -0.2) is 4.79 Å². The summed E-state index contributed by atoms with van der Waals surface area (Å²) in [5, 5.41) is 10.8. The molecule has 0 spiro atoms. The standard InChI is InChI=1S/C32H48O5Si/c1-31(2,3)38(6,7)37-28-16-15-26-24-13-11-20-19-21(12-14-22(20)23(24)17-18-32(26,28)4)36-29-25(30(34)35-5)9-8-10-27(29)33/h9,12,14,19,23-24,26-29,33H,8,10-11,13,15-18H2,1-7H3/t23-,24-,26+,27+,28+,29-,32+/m1/s1. The van der Waals surface area contributed by atoms with Gasteiger partial charge in [0.05, 0.1) is 24.9 Å². The summed E-state index contributed by atoms with van der Waals surface area (Å²) in [5.74, 6) is 2.35. The fraction of sp³-hybridized carbons (Fsp3) is 0.719. The zero-order valence-corrected chi connectivity index (χ0v) is 25.5. The first-order chi connectivity index (χ1) is 17.9. The van der Waals surface area contributed by atoms with Crippen molar-refractivity contribution in [1.29, 1.82) is 0 Å². The molecule has 1 N–H and O–H groups in total. The van der Waals surface area contributed by atoms with Crippen molar-refractivity contribution in [3.05, 3.63) is 41.0 Å². The molecule has 0 amide bonds. The lowest BCUT2D eigenvalue weighted by molar-refractivity contribution is -0.138. The van der Waals surface area contributed by atoms with Crippen molar-refractivity contribution < 1.29 is 23.8 Å². The maximum absolute atomic E-state index is 12.3. The van der Waals surface area contributed by atoms with Gasteiger partial charge in [-0.3, -0.25) is 0 Å². The van der Waals surface area contributed by atoms with E-state index in [1.807, 2.05) is 12.1 Å². The minimum atomic E-state index is -1.80. The van der Waals surface area contributed by atoms with Gasteiger partial charge >= 0.3 is 5.97 Å². The summed E-state index contributed by atoms with van der Waals surface area (Å²) in [6.07, 6.45) is 9.30. The second kappa shape index (κ2) is 10.1. The summed E-state index contributed by atoms with van der Waals surface area (Å²) in [7, 11) is -0.431. The first-order valence-electron chi connectivity index (χ1n) is 14.8. The minimum absolute atomic E-state index is 0.239. The third-order valence-corrected chi connectivity index (χ3v) is 15.5. The van der Waals surface area contributed by atoms with Crippen LogP contribution in [0.25, 0.3) is 0 Å². The quantitative estimate of drug-likeness (QED) is 0.324. The molecule has 6 heteroatoms. The van der Waals surface area contributed by atoms with Crippen LogP contribution in [0.15, 0.2) is 29.8 Å². The maximum atomic E-state index is 12.3. The van der Waals surface area contributed by atoms with Crippen LogP contribution in [0.5, 0.6) is 5.75 Å². The lowest BCUT2D eigenvalue weighted by atomic mass is 9.55. The normalized spacial score (nSPS) is 35.0. The van der Waals surface area contributed by atoms with Crippen molar-refractivity contribution in [2.45, 2.75) is 121 Å². The number of fused-ring (bicyclic) bond motifs is 5. The molecule has 1 aromatic rings. The molecule has 4 aliphatic rings. The van der Waals surface area contributed by atoms with Crippen molar-refractivity contribution in [3.8, 4) is 5.75 Å². The van der Waals surface area contributed by atoms with E-state index in [9.17, 15) is 9.90 Å². The van der Waals surface area contributed by atoms with Crippen molar-refractivity contribution >= 4 is 14.3 Å². The van der Waals surface area contributed by atoms with Crippen LogP contribution >= 0.6 is 0 Å². The number of methoxy groups -OCH3 is 1. The van der Waals surface area contributed by atoms with Gasteiger partial charge in [0.15, 0.2) is 14.4 Å². The Morgan fingerprint density at radius 3 is 2.58 bits per heavy atom. The lowest BCUT2D eigenvalue weighted by Gasteiger charge is -2.52. The minimum Gasteiger partial charge on any atom is -0.483 e. The number of carbonyl (C=O) groups excluding carboxylic acids is 1. The predicted octanol–water partition coefficient (Wildman–Crippen LogP) is 6.93. The molecule has 7 atom stereocenters. The Bertz CT molecular complexity index is 1090. The van der Waals surface area contributed by atoms with Gasteiger partial charge in [0, 0.05) is 0 Å². The SMILES string of the molecule is COC(=O)C1=CCC[C@H](O)[C@@H]1Oc1ccc2c(c1)CC[C@@H]1[C@@H]2CC[C@]2(C)[C@@H](O[Si](C)(C)C(C)(C)C)CC[C@@H]12. The van der Waals surface area contributed by atoms with Gasteiger partial charge in [-0.2, -0.15) is 0 Å². The molecule has 5 nitrogen and oxygen atoms in total. The van der Waals surface area contributed by atoms with Crippen LogP contribution in [-0.4, -0.2) is 44.8 Å². The third-order valence-electron chi connectivity index (χ3n) is 11.0. The van der Waals surface area contributed by atoms with E-state index in [1.54, 1.807) is 0 Å². The highest BCUT2D eigenvalue weighted by molar-refractivity contribution is 6.74. The number of allylic oxidation sites excluding steroid dienone is 1. The highest BCUT2D eigenvalue weighted by atomic mass is 28.4. The van der Waals surface area contributed by atoms with Crippen LogP contribution in [0.4, 0.5) is 0 Å². The predicted molar refractivity (Wildman–Crippen MR) is 153 cm³/mol. The second-order valence-electron chi connectivity index (χ2n) is 14.1. The van der Waals surface area contributed by atoms with Crippen molar-refractivity contribution in [2.75, 3.05) is 7.11 Å². The summed E-state index contributed by atoms with van der Waals surface area (Å²) in [5.41, 5.74) is 3.56. The second-order valence-corrected chi connectivity index (χ2v) is 18.9. The monoisotopic (exact) mass is 540 g/mol. The molecule has 210 valence electrons. The van der Waals surface area contributed by atoms with E-state index in [2.05, 4.69) is 52.9 Å². The summed E-state index contributed by atoms with van der Waals surface area (Å²) >= 11 is 0. The molecule has 5 rings (SSSR count). The molecule has 0 unspecified atom stereocenters. The third kappa shape index (κ3) is 4.79. The molecule has 0 radical (unpaired) electrons. The zero-order chi connectivity index (χ0) is 27.5. The number of aliphatic hydroxyl groups is 1. The number of aryl methyl sites for hydroxylation is 1. The molecule has 0 aliphatic heterocycles. The maximum Gasteiger partial charge on any atom is 0.337 e. The van der Waals surface area contributed by atoms with E-state index in [4.69, 9.17) is 13.9 Å². The van der Waals surface area contributed by atoms with Gasteiger partial charge in [-0.05, 0) is 116 Å². The molecule has 2 fully saturated rings. The largest absolute Gasteiger partial charge is 0.483 e. The fourth-order valence-corrected chi connectivity index (χ4v) is 9.25. The topological polar surface area (TPSA) is 65.0 Å². The van der Waals surface area contributed by atoms with Gasteiger partial charge in [0.1, 0.15) is 5.75 Å². The number of hydrogen-bond donors (Lipinski definition) is 1. The van der Waals surface area contributed by atoms with E-state index in [-0.39, 0.29) is 10.5 Å². The van der Waals surface area contributed by atoms with Gasteiger partial charge in [-0.15, -0.1) is 0 Å². The summed E-state index contributed by atoms with van der Waals surface area (Å²) < 4.78 is 18.3. The number of carbonyl (C=O) groups is 1. The highest BCUT2D eigenvalue weighted by Gasteiger charge is 2.57. The van der Waals surface area contributed by atoms with Crippen molar-refractivity contribution in [2.24, 2.45) is 17.3 Å². The highest BCUT2D eigenvalue weighted by Crippen LogP contribution is 2.62. The Morgan fingerprint density at radius 2 is 1.87 bits per heavy atom. The average Bonchev–Trinajstić information content (AvgIpc) is 3.19. The van der Waals surface area contributed by atoms with Crippen LogP contribution in [0.2, 0.25) is 18.1 Å². The zero-order valence-electron chi connectivity index (χ0n) is 24.5. The van der Waals surface area contributed by atoms with Crippen LogP contribution in [-0.2, 0) is 20.4 Å². The molecule has 0 aromatic heterocycles. The van der Waals surface area contributed by atoms with Crippen LogP contribution in [0, 0.1) is 17.3 Å². The van der Waals surface area contributed by atoms with Gasteiger partial charge in [0.2, 0.25) is 0 Å². The fourth-order valence-electron chi connectivity index (χ4n) is 7.80. The molecular weight excluding hydrogens is 492 g/mol. The van der Waals surface area contributed by atoms with Crippen molar-refractivity contribution in [3.63, 3.8) is 0 Å². The van der Waals surface area contributed by atoms with E-state index in [0.717, 1.165) is 24.0 Å². The first kappa shape index (κ1) is 27.9. The van der Waals surface area contributed by atoms with E-state index in [0.29, 0.717) is 30.4 Å². The number of ether oxygens (including phenoxy) is 2. The van der Waals surface area contributed by atoms with Crippen LogP contribution in [0.3, 0.4) is 0 Å². The molecule has 0 heterocycles. The summed E-state index contributed by atoms with van der Waals surface area (Å²) in [4.78, 5) is 12.3. The van der Waals surface area contributed by atoms with E-state index in [1.165, 1.54) is 50.3 Å². The summed E-state index contributed by atoms with van der Waals surface area (Å²) in [6.45, 7) is 14.4. The molecular formula is C32H48O5Si. The van der Waals surface area contributed by atoms with Gasteiger partial charge in [-0.1, -0.05) is 39.8 Å². The molecule has 0 bridgehead atoms. The number of aliphatic hydroxyl groups excluding tert-OH is 1. The number of rotatable bonds is 5. The Kier molecular flexibility index (Phi) is 7.41. The molecule has 38 heavy (non-hydrogen) atoms. The Balaban J connectivity index is 1.33. The van der Waals surface area contributed by atoms with Crippen LogP contribution in [0.1, 0.15) is 89.7 Å². The first-order valence-corrected chi connectivity index (χ1v) is 17.7. The molecule has 2 saturated carbocycles. The molecule has 4 aliphatic carbocycles. The Labute approximate surface area is 230 Å². The van der Waals surface area contributed by atoms with Crippen LogP contribution < -0.4 is 4.74 Å². The van der Waals surface area contributed by atoms with E-state index >= 15 is 0 Å². The van der Waals surface area contributed by atoms with Gasteiger partial charge in [0.25, 0.3) is 0 Å². The van der Waals surface area contributed by atoms with Crippen molar-refractivity contribution in [1.82, 2.24) is 0 Å². The Morgan fingerprint density at radius 1 is 1.11 bits per heavy atom. The molecule has 1 aromatic carbocycles. The lowest BCUT2D eigenvalue weighted by Crippen LogP contribution is -2.50. The smallest absolute Gasteiger partial charge is 0.337 e. The average molecular weight is 541 g/mol. The molecule has 0 saturated heterocycles. The number of benzene rings is 1. The number of esters is 1. The van der Waals surface area contributed by atoms with E-state index < -0.39 is 26.5 Å². The number of hydrogen-bond acceptors (Lipinski definition) is 5. The van der Waals surface area contributed by atoms with Gasteiger partial charge < -0.3 is 19.0 Å². The summed E-state index contributed by atoms with van der Waals surface area (Å²) in [6, 6.07) is 6.47.